The van der Waals surface area contributed by atoms with E-state index in [0.29, 0.717) is 5.84 Å². The number of nitrogens with zero attached hydrogens (tertiary/aromatic N) is 2. The second-order valence-corrected chi connectivity index (χ2v) is 26.9. The van der Waals surface area contributed by atoms with Crippen molar-refractivity contribution in [1.29, 1.82) is 0 Å². The lowest BCUT2D eigenvalue weighted by Crippen LogP contribution is -2.74. The molecule has 68 heavy (non-hydrogen) atoms. The van der Waals surface area contributed by atoms with Crippen LogP contribution in [0, 0.1) is 0 Å². The second-order valence-electron chi connectivity index (χ2n) is 22.0. The molecule has 10 aromatic rings. The van der Waals surface area contributed by atoms with Crippen molar-refractivity contribution < 1.29 is 4.42 Å². The molecule has 0 saturated carbocycles. The Hall–Kier alpha value is -6.40. The fraction of sp³-hybridized carbons (Fsp3) is 0.222. The number of benzene rings is 8. The Labute approximate surface area is 407 Å². The highest BCUT2D eigenvalue weighted by atomic mass is 32.2. The molecule has 3 nitrogen and oxygen atoms in total. The summed E-state index contributed by atoms with van der Waals surface area (Å²) in [6.07, 6.45) is 0. The van der Waals surface area contributed by atoms with E-state index in [1.54, 1.807) is 0 Å². The van der Waals surface area contributed by atoms with Gasteiger partial charge in [0.25, 0.3) is 0 Å². The van der Waals surface area contributed by atoms with E-state index in [-0.39, 0.29) is 21.7 Å². The maximum Gasteiger partial charge on any atom is 0.307 e. The summed E-state index contributed by atoms with van der Waals surface area (Å²) in [7, 11) is -3.12. The summed E-state index contributed by atoms with van der Waals surface area (Å²) in [6.45, 7) is 23.8. The topological polar surface area (TPSA) is 30.4 Å². The van der Waals surface area contributed by atoms with Gasteiger partial charge >= 0.3 is 5.84 Å². The Balaban J connectivity index is 1.23. The minimum atomic E-state index is -3.12. The average molecular weight is 921 g/mol. The third-order valence-electron chi connectivity index (χ3n) is 15.5. The van der Waals surface area contributed by atoms with E-state index in [0.717, 1.165) is 27.7 Å². The number of hydrogen-bond donors (Lipinski definition) is 0. The van der Waals surface area contributed by atoms with Gasteiger partial charge in [0.1, 0.15) is 0 Å². The average Bonchev–Trinajstić information content (AvgIpc) is 3.87. The Morgan fingerprint density at radius 3 is 1.60 bits per heavy atom. The molecule has 0 saturated heterocycles. The molecule has 0 amide bonds. The van der Waals surface area contributed by atoms with Crippen LogP contribution in [0.4, 0.5) is 0 Å². The molecule has 11 rings (SSSR count). The molecule has 0 unspecified atom stereocenters. The summed E-state index contributed by atoms with van der Waals surface area (Å²) in [5.74, 6) is 0.610. The number of rotatable bonds is 6. The Morgan fingerprint density at radius 2 is 0.971 bits per heavy atom. The molecule has 1 aliphatic rings. The lowest BCUT2D eigenvalue weighted by molar-refractivity contribution is 0.296. The highest BCUT2D eigenvalue weighted by Crippen LogP contribution is 2.56. The predicted octanol–water partition coefficient (Wildman–Crippen LogP) is 14.3. The molecule has 0 bridgehead atoms. The lowest BCUT2D eigenvalue weighted by atomic mass is 9.61. The largest absolute Gasteiger partial charge is 0.422 e. The standard InChI is InChI=1S/C63H60N2OSSi/c1-60(2,3)49-37-35-43(39-47(49)45-27-22-33-55-57(45)66-59-64-53-31-18-19-32-54(53)65(55)59)68(41-23-13-11-14-24-41,42-25-15-12-16-26-42)44-36-38-50(61(4,5)6)48(40-44)46-28-21-30-52-58(46)67-56-34-20-17-29-51(56)62(7,8)63(52,9)10/h11-40H,1-10H3. The van der Waals surface area contributed by atoms with E-state index in [9.17, 15) is 0 Å². The smallest absolute Gasteiger partial charge is 0.307 e. The number of fused-ring (bicyclic) bond motifs is 7. The molecule has 0 N–H and O–H groups in total. The van der Waals surface area contributed by atoms with E-state index >= 15 is 0 Å². The first-order valence-electron chi connectivity index (χ1n) is 24.1. The highest BCUT2D eigenvalue weighted by Gasteiger charge is 2.46. The first-order valence-corrected chi connectivity index (χ1v) is 26.9. The quantitative estimate of drug-likeness (QED) is 0.123. The summed E-state index contributed by atoms with van der Waals surface area (Å²) >= 11 is 1.95. The third-order valence-corrected chi connectivity index (χ3v) is 21.5. The van der Waals surface area contributed by atoms with E-state index in [1.165, 1.54) is 69.5 Å². The van der Waals surface area contributed by atoms with Gasteiger partial charge in [-0.05, 0) is 106 Å². The van der Waals surface area contributed by atoms with Crippen LogP contribution in [0.2, 0.25) is 0 Å². The fourth-order valence-electron chi connectivity index (χ4n) is 11.3. The normalized spacial score (nSPS) is 14.8. The van der Waals surface area contributed by atoms with Crippen molar-refractivity contribution in [3.8, 4) is 22.3 Å². The minimum absolute atomic E-state index is 0.104. The summed E-state index contributed by atoms with van der Waals surface area (Å²) < 4.78 is 9.01. The van der Waals surface area contributed by atoms with Crippen LogP contribution in [0.5, 0.6) is 0 Å². The van der Waals surface area contributed by atoms with Crippen LogP contribution < -0.4 is 20.7 Å². The number of aromatic nitrogens is 2. The van der Waals surface area contributed by atoms with Gasteiger partial charge in [0.05, 0.1) is 16.6 Å². The number of imidazole rings is 1. The fourth-order valence-corrected chi connectivity index (χ4v) is 17.6. The number of oxazole rings is 1. The predicted molar refractivity (Wildman–Crippen MR) is 291 cm³/mol. The third kappa shape index (κ3) is 6.71. The van der Waals surface area contributed by atoms with E-state index in [1.807, 2.05) is 17.8 Å². The SMILES string of the molecule is CC(C)(C)c1ccc([Si](c2ccccc2)(c2ccccc2)c2ccc(C(C)(C)C)c(-c3cccc4c3oc3nc5ccccc5n34)c2)cc1-c1cccc2c1Sc1ccccc1C(C)(C)C2(C)C. The molecule has 0 fully saturated rings. The summed E-state index contributed by atoms with van der Waals surface area (Å²) in [6, 6.07) is 68.8. The van der Waals surface area contributed by atoms with Crippen molar-refractivity contribution in [2.45, 2.75) is 101 Å². The van der Waals surface area contributed by atoms with Crippen LogP contribution >= 0.6 is 11.8 Å². The molecule has 3 heterocycles. The van der Waals surface area contributed by atoms with E-state index in [4.69, 9.17) is 9.40 Å². The summed E-state index contributed by atoms with van der Waals surface area (Å²) in [5.41, 5.74) is 13.6. The maximum absolute atomic E-state index is 6.84. The van der Waals surface area contributed by atoms with Crippen molar-refractivity contribution in [1.82, 2.24) is 9.38 Å². The highest BCUT2D eigenvalue weighted by molar-refractivity contribution is 7.99. The minimum Gasteiger partial charge on any atom is -0.422 e. The van der Waals surface area contributed by atoms with Crippen LogP contribution in [0.25, 0.3) is 50.2 Å². The van der Waals surface area contributed by atoms with E-state index < -0.39 is 8.07 Å². The van der Waals surface area contributed by atoms with E-state index in [2.05, 4.69) is 250 Å². The molecule has 0 spiro atoms. The van der Waals surface area contributed by atoms with Gasteiger partial charge in [-0.3, -0.25) is 4.40 Å². The Morgan fingerprint density at radius 1 is 0.471 bits per heavy atom. The van der Waals surface area contributed by atoms with Crippen LogP contribution in [-0.2, 0) is 21.7 Å². The van der Waals surface area contributed by atoms with Crippen LogP contribution in [0.3, 0.4) is 0 Å². The zero-order valence-electron chi connectivity index (χ0n) is 41.0. The van der Waals surface area contributed by atoms with Crippen molar-refractivity contribution in [3.05, 3.63) is 204 Å². The molecular weight excluding hydrogens is 861 g/mol. The Kier molecular flexibility index (Phi) is 10.3. The van der Waals surface area contributed by atoms with Gasteiger partial charge in [-0.1, -0.05) is 239 Å². The van der Waals surface area contributed by atoms with Crippen LogP contribution in [0.1, 0.15) is 91.5 Å². The summed E-state index contributed by atoms with van der Waals surface area (Å²) in [4.78, 5) is 7.64. The Bertz CT molecular complexity index is 3530. The van der Waals surface area contributed by atoms with Gasteiger partial charge in [0, 0.05) is 15.4 Å². The van der Waals surface area contributed by atoms with Gasteiger partial charge < -0.3 is 4.42 Å². The first kappa shape index (κ1) is 44.1. The van der Waals surface area contributed by atoms with Gasteiger partial charge in [-0.2, -0.15) is 4.98 Å². The van der Waals surface area contributed by atoms with Gasteiger partial charge in [0.2, 0.25) is 0 Å². The van der Waals surface area contributed by atoms with Crippen molar-refractivity contribution in [2.24, 2.45) is 0 Å². The zero-order valence-corrected chi connectivity index (χ0v) is 42.8. The first-order chi connectivity index (χ1) is 32.5. The van der Waals surface area contributed by atoms with Gasteiger partial charge in [-0.25, -0.2) is 0 Å². The van der Waals surface area contributed by atoms with Crippen LogP contribution in [-0.4, -0.2) is 17.5 Å². The number of para-hydroxylation sites is 3. The molecular formula is C63H60N2OSSi. The number of hydrogen-bond acceptors (Lipinski definition) is 3. The monoisotopic (exact) mass is 920 g/mol. The molecule has 0 aliphatic carbocycles. The van der Waals surface area contributed by atoms with Gasteiger partial charge in [0.15, 0.2) is 13.7 Å². The molecule has 0 atom stereocenters. The molecule has 2 aromatic heterocycles. The lowest BCUT2D eigenvalue weighted by Gasteiger charge is -2.42. The molecule has 338 valence electrons. The molecule has 5 heteroatoms. The van der Waals surface area contributed by atoms with Crippen molar-refractivity contribution in [3.63, 3.8) is 0 Å². The molecule has 0 radical (unpaired) electrons. The van der Waals surface area contributed by atoms with Crippen LogP contribution in [0.15, 0.2) is 196 Å². The zero-order chi connectivity index (χ0) is 47.4. The van der Waals surface area contributed by atoms with Crippen molar-refractivity contribution >= 4 is 68.6 Å². The van der Waals surface area contributed by atoms with Gasteiger partial charge in [-0.15, -0.1) is 0 Å². The van der Waals surface area contributed by atoms with Crippen molar-refractivity contribution in [2.75, 3.05) is 0 Å². The molecule has 1 aliphatic heterocycles. The second kappa shape index (κ2) is 15.8. The maximum atomic E-state index is 6.84. The summed E-state index contributed by atoms with van der Waals surface area (Å²) in [5, 5.41) is 5.36. The molecule has 8 aromatic carbocycles.